The van der Waals surface area contributed by atoms with Crippen molar-refractivity contribution in [3.05, 3.63) is 51.7 Å². The highest BCUT2D eigenvalue weighted by molar-refractivity contribution is 7.10. The third-order valence-corrected chi connectivity index (χ3v) is 4.89. The highest BCUT2D eigenvalue weighted by Gasteiger charge is 2.30. The standard InChI is InChI=1S/C17H19F3N2OS/c1-11-8-9-24-15(11)10-22(3)12(2)16(23)21-14-6-4-13(5-7-14)17(18,19)20/h4-9,12H,10H2,1-3H3,(H,21,23)/t12-/m1/s1. The van der Waals surface area contributed by atoms with Crippen molar-refractivity contribution in [1.82, 2.24) is 4.90 Å². The molecule has 0 aliphatic rings. The molecule has 0 bridgehead atoms. The van der Waals surface area contributed by atoms with E-state index in [-0.39, 0.29) is 5.91 Å². The quantitative estimate of drug-likeness (QED) is 0.853. The molecule has 0 fully saturated rings. The summed E-state index contributed by atoms with van der Waals surface area (Å²) in [6.07, 6.45) is -4.38. The maximum Gasteiger partial charge on any atom is 0.416 e. The minimum absolute atomic E-state index is 0.258. The van der Waals surface area contributed by atoms with E-state index in [0.717, 1.165) is 12.1 Å². The Morgan fingerprint density at radius 1 is 1.25 bits per heavy atom. The summed E-state index contributed by atoms with van der Waals surface area (Å²) < 4.78 is 37.6. The Bertz CT molecular complexity index is 695. The van der Waals surface area contributed by atoms with Crippen LogP contribution in [0.4, 0.5) is 18.9 Å². The van der Waals surface area contributed by atoms with Crippen LogP contribution in [0.15, 0.2) is 35.7 Å². The van der Waals surface area contributed by atoms with Crippen molar-refractivity contribution in [2.75, 3.05) is 12.4 Å². The van der Waals surface area contributed by atoms with E-state index < -0.39 is 17.8 Å². The third kappa shape index (κ3) is 4.58. The van der Waals surface area contributed by atoms with E-state index in [0.29, 0.717) is 12.2 Å². The first kappa shape index (κ1) is 18.5. The smallest absolute Gasteiger partial charge is 0.325 e. The van der Waals surface area contributed by atoms with E-state index >= 15 is 0 Å². The zero-order chi connectivity index (χ0) is 17.9. The van der Waals surface area contributed by atoms with Crippen molar-refractivity contribution in [2.45, 2.75) is 32.6 Å². The summed E-state index contributed by atoms with van der Waals surface area (Å²) in [6.45, 7) is 4.43. The van der Waals surface area contributed by atoms with Gasteiger partial charge < -0.3 is 5.32 Å². The molecular weight excluding hydrogens is 337 g/mol. The topological polar surface area (TPSA) is 32.3 Å². The molecule has 1 heterocycles. The van der Waals surface area contributed by atoms with Crippen LogP contribution in [0, 0.1) is 6.92 Å². The predicted molar refractivity (Wildman–Crippen MR) is 90.1 cm³/mol. The van der Waals surface area contributed by atoms with E-state index in [2.05, 4.69) is 5.32 Å². The average Bonchev–Trinajstić information content (AvgIpc) is 2.91. The van der Waals surface area contributed by atoms with Crippen molar-refractivity contribution in [3.63, 3.8) is 0 Å². The Morgan fingerprint density at radius 2 is 1.88 bits per heavy atom. The number of likely N-dealkylation sites (N-methyl/N-ethyl adjacent to an activating group) is 1. The van der Waals surface area contributed by atoms with Crippen LogP contribution in [-0.2, 0) is 17.5 Å². The second-order valence-electron chi connectivity index (χ2n) is 5.68. The number of carbonyl (C=O) groups is 1. The first-order valence-electron chi connectivity index (χ1n) is 7.40. The van der Waals surface area contributed by atoms with Gasteiger partial charge in [-0.05, 0) is 62.2 Å². The van der Waals surface area contributed by atoms with Crippen LogP contribution in [-0.4, -0.2) is 23.9 Å². The fourth-order valence-corrected chi connectivity index (χ4v) is 3.09. The lowest BCUT2D eigenvalue weighted by Crippen LogP contribution is -2.39. The molecule has 24 heavy (non-hydrogen) atoms. The van der Waals surface area contributed by atoms with E-state index in [9.17, 15) is 18.0 Å². The van der Waals surface area contributed by atoms with Crippen LogP contribution < -0.4 is 5.32 Å². The molecule has 1 aromatic carbocycles. The number of rotatable bonds is 5. The molecule has 2 rings (SSSR count). The van der Waals surface area contributed by atoms with Crippen LogP contribution in [0.3, 0.4) is 0 Å². The van der Waals surface area contributed by atoms with E-state index in [4.69, 9.17) is 0 Å². The van der Waals surface area contributed by atoms with Crippen LogP contribution >= 0.6 is 11.3 Å². The Hall–Kier alpha value is -1.86. The number of hydrogen-bond donors (Lipinski definition) is 1. The number of anilines is 1. The zero-order valence-corrected chi connectivity index (χ0v) is 14.5. The number of halogens is 3. The number of amides is 1. The first-order chi connectivity index (χ1) is 11.2. The van der Waals surface area contributed by atoms with Gasteiger partial charge in [0.25, 0.3) is 0 Å². The number of nitrogens with one attached hydrogen (secondary N) is 1. The fourth-order valence-electron chi connectivity index (χ4n) is 2.12. The molecule has 0 saturated heterocycles. The van der Waals surface area contributed by atoms with Gasteiger partial charge in [0.05, 0.1) is 11.6 Å². The summed E-state index contributed by atoms with van der Waals surface area (Å²) >= 11 is 1.63. The van der Waals surface area contributed by atoms with Crippen molar-refractivity contribution in [2.24, 2.45) is 0 Å². The second kappa shape index (κ2) is 7.36. The summed E-state index contributed by atoms with van der Waals surface area (Å²) in [6, 6.07) is 6.06. The van der Waals surface area contributed by atoms with Gasteiger partial charge in [0.1, 0.15) is 0 Å². The maximum absolute atomic E-state index is 12.5. The minimum Gasteiger partial charge on any atom is -0.325 e. The molecule has 0 unspecified atom stereocenters. The van der Waals surface area contributed by atoms with Gasteiger partial charge in [-0.25, -0.2) is 0 Å². The van der Waals surface area contributed by atoms with Gasteiger partial charge in [-0.15, -0.1) is 11.3 Å². The van der Waals surface area contributed by atoms with Crippen molar-refractivity contribution < 1.29 is 18.0 Å². The highest BCUT2D eigenvalue weighted by Crippen LogP contribution is 2.29. The van der Waals surface area contributed by atoms with Gasteiger partial charge in [-0.3, -0.25) is 9.69 Å². The molecule has 0 aliphatic heterocycles. The third-order valence-electron chi connectivity index (χ3n) is 3.88. The van der Waals surface area contributed by atoms with Crippen LogP contribution in [0.25, 0.3) is 0 Å². The molecule has 130 valence electrons. The number of hydrogen-bond acceptors (Lipinski definition) is 3. The Morgan fingerprint density at radius 3 is 2.38 bits per heavy atom. The number of alkyl halides is 3. The lowest BCUT2D eigenvalue weighted by molar-refractivity contribution is -0.137. The molecular formula is C17H19F3N2OS. The Labute approximate surface area is 143 Å². The van der Waals surface area contributed by atoms with Crippen molar-refractivity contribution in [1.29, 1.82) is 0 Å². The zero-order valence-electron chi connectivity index (χ0n) is 13.6. The maximum atomic E-state index is 12.5. The summed E-state index contributed by atoms with van der Waals surface area (Å²) in [4.78, 5) is 15.4. The summed E-state index contributed by atoms with van der Waals surface area (Å²) in [5, 5.41) is 4.66. The van der Waals surface area contributed by atoms with Crippen molar-refractivity contribution >= 4 is 22.9 Å². The van der Waals surface area contributed by atoms with E-state index in [1.807, 2.05) is 30.3 Å². The number of aryl methyl sites for hydroxylation is 1. The molecule has 0 spiro atoms. The largest absolute Gasteiger partial charge is 0.416 e. The molecule has 0 radical (unpaired) electrons. The Kier molecular flexibility index (Phi) is 5.66. The van der Waals surface area contributed by atoms with E-state index in [1.54, 1.807) is 18.3 Å². The summed E-state index contributed by atoms with van der Waals surface area (Å²) in [5.41, 5.74) is 0.793. The molecule has 3 nitrogen and oxygen atoms in total. The molecule has 1 aromatic heterocycles. The normalized spacial score (nSPS) is 13.1. The van der Waals surface area contributed by atoms with Gasteiger partial charge in [0.2, 0.25) is 5.91 Å². The highest BCUT2D eigenvalue weighted by atomic mass is 32.1. The first-order valence-corrected chi connectivity index (χ1v) is 8.28. The lowest BCUT2D eigenvalue weighted by atomic mass is 10.2. The number of carbonyl (C=O) groups excluding carboxylic acids is 1. The van der Waals surface area contributed by atoms with Crippen LogP contribution in [0.1, 0.15) is 22.9 Å². The van der Waals surface area contributed by atoms with Gasteiger partial charge in [-0.2, -0.15) is 13.2 Å². The van der Waals surface area contributed by atoms with Crippen LogP contribution in [0.2, 0.25) is 0 Å². The molecule has 1 atom stereocenters. The SMILES string of the molecule is Cc1ccsc1CN(C)[C@H](C)C(=O)Nc1ccc(C(F)(F)F)cc1. The van der Waals surface area contributed by atoms with Crippen molar-refractivity contribution in [3.8, 4) is 0 Å². The van der Waals surface area contributed by atoms with E-state index in [1.165, 1.54) is 22.6 Å². The number of thiophene rings is 1. The molecule has 0 saturated carbocycles. The molecule has 0 aliphatic carbocycles. The average molecular weight is 356 g/mol. The fraction of sp³-hybridized carbons (Fsp3) is 0.353. The summed E-state index contributed by atoms with van der Waals surface area (Å²) in [5.74, 6) is -0.258. The molecule has 1 amide bonds. The van der Waals surface area contributed by atoms with Crippen LogP contribution in [0.5, 0.6) is 0 Å². The van der Waals surface area contributed by atoms with Gasteiger partial charge in [-0.1, -0.05) is 0 Å². The minimum atomic E-state index is -4.38. The predicted octanol–water partition coefficient (Wildman–Crippen LogP) is 4.53. The summed E-state index contributed by atoms with van der Waals surface area (Å²) in [7, 11) is 1.84. The lowest BCUT2D eigenvalue weighted by Gasteiger charge is -2.23. The molecule has 7 heteroatoms. The van der Waals surface area contributed by atoms with Gasteiger partial charge in [0.15, 0.2) is 0 Å². The van der Waals surface area contributed by atoms with Gasteiger partial charge in [0, 0.05) is 17.1 Å². The molecule has 2 aromatic rings. The molecule has 1 N–H and O–H groups in total. The second-order valence-corrected chi connectivity index (χ2v) is 6.68. The monoisotopic (exact) mass is 356 g/mol. The number of nitrogens with zero attached hydrogens (tertiary/aromatic N) is 1. The number of benzene rings is 1. The Balaban J connectivity index is 1.97. The van der Waals surface area contributed by atoms with Gasteiger partial charge >= 0.3 is 6.18 Å².